The Morgan fingerprint density at radius 1 is 1.00 bits per heavy atom. The summed E-state index contributed by atoms with van der Waals surface area (Å²) in [6.45, 7) is 20.3. The van der Waals surface area contributed by atoms with Crippen molar-refractivity contribution in [2.45, 2.75) is 66.2 Å². The summed E-state index contributed by atoms with van der Waals surface area (Å²) in [4.78, 5) is 2.56. The predicted molar refractivity (Wildman–Crippen MR) is 144 cm³/mol. The van der Waals surface area contributed by atoms with Crippen LogP contribution >= 0.6 is 0 Å². The van der Waals surface area contributed by atoms with Crippen LogP contribution in [0.15, 0.2) is 72.5 Å². The average Bonchev–Trinajstić information content (AvgIpc) is 3.21. The van der Waals surface area contributed by atoms with Crippen LogP contribution in [0.4, 0.5) is 0 Å². The Hall–Kier alpha value is -2.54. The molecule has 2 atom stereocenters. The van der Waals surface area contributed by atoms with Crippen LogP contribution in [-0.4, -0.2) is 18.0 Å². The molecule has 0 bridgehead atoms. The van der Waals surface area contributed by atoms with E-state index in [0.717, 1.165) is 38.8 Å². The van der Waals surface area contributed by atoms with Gasteiger partial charge in [-0.1, -0.05) is 95.3 Å². The highest BCUT2D eigenvalue weighted by Gasteiger charge is 2.31. The minimum absolute atomic E-state index is 0.639. The van der Waals surface area contributed by atoms with Gasteiger partial charge in [0.05, 0.1) is 0 Å². The monoisotopic (exact) mass is 439 g/mol. The SMILES string of the molecule is C=C(CC)C1CCN(C(=C)C2=C(CCC)c3ccc(-c4ccc(CC)cc4)cc3C2)CC1C. The first kappa shape index (κ1) is 23.6. The molecule has 2 unspecified atom stereocenters. The molecule has 2 aromatic rings. The smallest absolute Gasteiger partial charge is 0.0332 e. The Labute approximate surface area is 201 Å². The Morgan fingerprint density at radius 3 is 2.36 bits per heavy atom. The van der Waals surface area contributed by atoms with Gasteiger partial charge in [0, 0.05) is 25.2 Å². The fourth-order valence-corrected chi connectivity index (χ4v) is 5.87. The van der Waals surface area contributed by atoms with Crippen molar-refractivity contribution in [3.63, 3.8) is 0 Å². The number of benzene rings is 2. The highest BCUT2D eigenvalue weighted by molar-refractivity contribution is 5.82. The molecule has 0 aromatic heterocycles. The third-order valence-corrected chi connectivity index (χ3v) is 7.97. The zero-order valence-corrected chi connectivity index (χ0v) is 21.2. The van der Waals surface area contributed by atoms with E-state index in [4.69, 9.17) is 0 Å². The van der Waals surface area contributed by atoms with E-state index in [2.05, 4.69) is 88.2 Å². The van der Waals surface area contributed by atoms with Crippen molar-refractivity contribution in [2.75, 3.05) is 13.1 Å². The van der Waals surface area contributed by atoms with Gasteiger partial charge in [-0.25, -0.2) is 0 Å². The standard InChI is InChI=1S/C32H41N/c1-7-10-31-30-16-15-27(26-13-11-25(9-3)12-14-26)19-28(30)20-32(31)24(6)33-18-17-29(22(4)8-2)23(5)21-33/h11-16,19,23,29H,4,6-10,17-18,20-21H2,1-3,5H3. The second kappa shape index (κ2) is 10.2. The maximum Gasteiger partial charge on any atom is 0.0332 e. The summed E-state index contributed by atoms with van der Waals surface area (Å²) in [5.74, 6) is 1.30. The fraction of sp³-hybridized carbons (Fsp3) is 0.438. The topological polar surface area (TPSA) is 3.24 Å². The van der Waals surface area contributed by atoms with Crippen LogP contribution in [0.2, 0.25) is 0 Å². The van der Waals surface area contributed by atoms with E-state index >= 15 is 0 Å². The number of aryl methyl sites for hydroxylation is 1. The molecule has 1 heterocycles. The number of piperidine rings is 1. The fourth-order valence-electron chi connectivity index (χ4n) is 5.87. The molecular formula is C32H41N. The molecule has 0 saturated carbocycles. The number of allylic oxidation sites excluding steroid dienone is 3. The Bertz CT molecular complexity index is 1050. The lowest BCUT2D eigenvalue weighted by atomic mass is 9.80. The molecule has 1 aliphatic heterocycles. The van der Waals surface area contributed by atoms with Crippen molar-refractivity contribution in [1.29, 1.82) is 0 Å². The maximum atomic E-state index is 4.65. The Kier molecular flexibility index (Phi) is 7.27. The highest BCUT2D eigenvalue weighted by atomic mass is 15.1. The summed E-state index contributed by atoms with van der Waals surface area (Å²) in [5, 5.41) is 0. The molecular weight excluding hydrogens is 398 g/mol. The van der Waals surface area contributed by atoms with E-state index in [1.54, 1.807) is 0 Å². The number of likely N-dealkylation sites (tertiary alicyclic amines) is 1. The van der Waals surface area contributed by atoms with Gasteiger partial charge in [0.25, 0.3) is 0 Å². The van der Waals surface area contributed by atoms with Crippen LogP contribution in [0.25, 0.3) is 16.7 Å². The second-order valence-corrected chi connectivity index (χ2v) is 10.1. The Morgan fingerprint density at radius 2 is 1.73 bits per heavy atom. The lowest BCUT2D eigenvalue weighted by Gasteiger charge is -2.40. The Balaban J connectivity index is 1.56. The molecule has 2 aliphatic rings. The summed E-state index contributed by atoms with van der Waals surface area (Å²) in [6.07, 6.45) is 6.70. The van der Waals surface area contributed by atoms with Crippen LogP contribution in [0.5, 0.6) is 0 Å². The quantitative estimate of drug-likeness (QED) is 0.373. The first-order chi connectivity index (χ1) is 16.0. The molecule has 1 aliphatic carbocycles. The second-order valence-electron chi connectivity index (χ2n) is 10.1. The molecule has 0 radical (unpaired) electrons. The van der Waals surface area contributed by atoms with E-state index in [1.807, 2.05) is 0 Å². The van der Waals surface area contributed by atoms with Gasteiger partial charge in [0.15, 0.2) is 0 Å². The summed E-state index contributed by atoms with van der Waals surface area (Å²) >= 11 is 0. The average molecular weight is 440 g/mol. The molecule has 174 valence electrons. The van der Waals surface area contributed by atoms with Gasteiger partial charge in [-0.15, -0.1) is 0 Å². The molecule has 0 N–H and O–H groups in total. The molecule has 1 heteroatoms. The van der Waals surface area contributed by atoms with Crippen molar-refractivity contribution in [2.24, 2.45) is 11.8 Å². The zero-order valence-electron chi connectivity index (χ0n) is 21.2. The zero-order chi connectivity index (χ0) is 23.5. The van der Waals surface area contributed by atoms with Crippen LogP contribution < -0.4 is 0 Å². The minimum Gasteiger partial charge on any atom is -0.371 e. The van der Waals surface area contributed by atoms with E-state index in [9.17, 15) is 0 Å². The van der Waals surface area contributed by atoms with Crippen molar-refractivity contribution in [3.8, 4) is 11.1 Å². The van der Waals surface area contributed by atoms with Crippen LogP contribution in [-0.2, 0) is 12.8 Å². The van der Waals surface area contributed by atoms with Crippen LogP contribution in [0.3, 0.4) is 0 Å². The number of fused-ring (bicyclic) bond motifs is 1. The van der Waals surface area contributed by atoms with E-state index in [-0.39, 0.29) is 0 Å². The largest absolute Gasteiger partial charge is 0.371 e. The van der Waals surface area contributed by atoms with Gasteiger partial charge < -0.3 is 4.90 Å². The van der Waals surface area contributed by atoms with Gasteiger partial charge in [-0.3, -0.25) is 0 Å². The van der Waals surface area contributed by atoms with Gasteiger partial charge in [-0.05, 0) is 76.5 Å². The molecule has 0 spiro atoms. The van der Waals surface area contributed by atoms with Gasteiger partial charge >= 0.3 is 0 Å². The lowest BCUT2D eigenvalue weighted by Crippen LogP contribution is -2.39. The lowest BCUT2D eigenvalue weighted by molar-refractivity contribution is 0.183. The first-order valence-corrected chi connectivity index (χ1v) is 13.0. The number of nitrogens with zero attached hydrogens (tertiary/aromatic N) is 1. The van der Waals surface area contributed by atoms with Crippen molar-refractivity contribution >= 4 is 5.57 Å². The first-order valence-electron chi connectivity index (χ1n) is 13.0. The summed E-state index contributed by atoms with van der Waals surface area (Å²) in [5.41, 5.74) is 12.6. The normalized spacial score (nSPS) is 20.2. The van der Waals surface area contributed by atoms with Crippen LogP contribution in [0, 0.1) is 11.8 Å². The molecule has 2 aromatic carbocycles. The highest BCUT2D eigenvalue weighted by Crippen LogP contribution is 2.42. The van der Waals surface area contributed by atoms with E-state index in [1.165, 1.54) is 63.1 Å². The summed E-state index contributed by atoms with van der Waals surface area (Å²) in [7, 11) is 0. The third-order valence-electron chi connectivity index (χ3n) is 7.97. The van der Waals surface area contributed by atoms with Crippen LogP contribution in [0.1, 0.15) is 70.1 Å². The van der Waals surface area contributed by atoms with E-state index < -0.39 is 0 Å². The maximum absolute atomic E-state index is 4.65. The van der Waals surface area contributed by atoms with Crippen molar-refractivity contribution < 1.29 is 0 Å². The molecule has 33 heavy (non-hydrogen) atoms. The van der Waals surface area contributed by atoms with Crippen molar-refractivity contribution in [1.82, 2.24) is 4.90 Å². The van der Waals surface area contributed by atoms with Crippen molar-refractivity contribution in [3.05, 3.63) is 89.2 Å². The molecule has 1 saturated heterocycles. The summed E-state index contributed by atoms with van der Waals surface area (Å²) < 4.78 is 0. The van der Waals surface area contributed by atoms with Gasteiger partial charge in [0.2, 0.25) is 0 Å². The van der Waals surface area contributed by atoms with Gasteiger partial charge in [-0.2, -0.15) is 0 Å². The third kappa shape index (κ3) is 4.74. The number of hydrogen-bond acceptors (Lipinski definition) is 1. The molecule has 1 nitrogen and oxygen atoms in total. The molecule has 1 fully saturated rings. The van der Waals surface area contributed by atoms with Gasteiger partial charge in [0.1, 0.15) is 0 Å². The predicted octanol–water partition coefficient (Wildman–Crippen LogP) is 8.46. The number of hydrogen-bond donors (Lipinski definition) is 0. The molecule has 0 amide bonds. The number of rotatable bonds is 8. The molecule has 4 rings (SSSR count). The summed E-state index contributed by atoms with van der Waals surface area (Å²) in [6, 6.07) is 16.2. The minimum atomic E-state index is 0.639. The van der Waals surface area contributed by atoms with E-state index in [0.29, 0.717) is 11.8 Å².